The number of hydrogen-bond acceptors (Lipinski definition) is 2. The first-order valence-electron chi connectivity index (χ1n) is 24.7. The molecular weight excluding hydrogens is 988 g/mol. The molecule has 0 radical (unpaired) electrons. The first-order chi connectivity index (χ1) is 33.3. The third-order valence-electron chi connectivity index (χ3n) is 12.3. The molecule has 0 saturated heterocycles. The number of aryl methyl sites for hydroxylation is 1. The molecule has 0 bridgehead atoms. The van der Waals surface area contributed by atoms with Crippen molar-refractivity contribution in [2.75, 3.05) is 0 Å². The van der Waals surface area contributed by atoms with E-state index >= 15 is 0 Å². The SMILES string of the molecule is [2H]c1c([2H])c([2H])c(-c2cccc(-c3cc(C(C)(C)C)cc(C(C)(C)C)c3)c2-[n+]2[c-]n(-c3[c-]c(Oc4[c-]c5c(cc4)c4ccccc4n5-c4cc(C(C)C)ccn4)ccc3)c3cccc(C)c32)c([2H])c1[2H].[Pt]. The molecule has 0 fully saturated rings. The van der Waals surface area contributed by atoms with Crippen LogP contribution in [0.4, 0.5) is 0 Å². The zero-order valence-corrected chi connectivity index (χ0v) is 41.0. The Morgan fingerprint density at radius 1 is 0.667 bits per heavy atom. The van der Waals surface area contributed by atoms with E-state index in [1.165, 1.54) is 5.56 Å². The van der Waals surface area contributed by atoms with Crippen molar-refractivity contribution in [3.8, 4) is 50.9 Å². The van der Waals surface area contributed by atoms with Crippen LogP contribution >= 0.6 is 0 Å². The topological polar surface area (TPSA) is 35.9 Å². The fraction of sp³-hybridized carbons (Fsp3) is 0.200. The predicted octanol–water partition coefficient (Wildman–Crippen LogP) is 15.0. The van der Waals surface area contributed by atoms with Crippen LogP contribution < -0.4 is 9.30 Å². The third kappa shape index (κ3) is 8.20. The summed E-state index contributed by atoms with van der Waals surface area (Å²) in [6.45, 7) is 19.6. The number of benzene rings is 7. The molecule has 0 amide bonds. The Morgan fingerprint density at radius 3 is 2.06 bits per heavy atom. The van der Waals surface area contributed by atoms with Gasteiger partial charge in [-0.25, -0.2) is 4.98 Å². The Balaban J connectivity index is 0.00000624. The number of rotatable bonds is 8. The molecule has 3 aromatic heterocycles. The Bertz CT molecular complexity index is 3670. The zero-order valence-electron chi connectivity index (χ0n) is 43.7. The molecule has 5 nitrogen and oxygen atoms in total. The summed E-state index contributed by atoms with van der Waals surface area (Å²) >= 11 is 0. The third-order valence-corrected chi connectivity index (χ3v) is 12.3. The van der Waals surface area contributed by atoms with E-state index < -0.39 is 18.1 Å². The molecule has 0 unspecified atom stereocenters. The van der Waals surface area contributed by atoms with Crippen molar-refractivity contribution in [3.63, 3.8) is 0 Å². The largest absolute Gasteiger partial charge is 0.510 e. The van der Waals surface area contributed by atoms with Gasteiger partial charge in [-0.3, -0.25) is 4.57 Å². The Morgan fingerprint density at radius 2 is 1.33 bits per heavy atom. The van der Waals surface area contributed by atoms with Crippen molar-refractivity contribution in [1.82, 2.24) is 14.1 Å². The first kappa shape index (κ1) is 38.7. The number of ether oxygens (including phenoxy) is 1. The van der Waals surface area contributed by atoms with Crippen LogP contribution in [0, 0.1) is 25.4 Å². The molecule has 0 aliphatic rings. The van der Waals surface area contributed by atoms with Gasteiger partial charge in [0.2, 0.25) is 0 Å². The summed E-state index contributed by atoms with van der Waals surface area (Å²) in [6.07, 6.45) is 5.56. The van der Waals surface area contributed by atoms with Crippen molar-refractivity contribution < 1.29 is 37.2 Å². The molecule has 10 aromatic rings. The number of fused-ring (bicyclic) bond motifs is 4. The number of aromatic nitrogens is 4. The van der Waals surface area contributed by atoms with Crippen LogP contribution in [-0.4, -0.2) is 14.1 Å². The van der Waals surface area contributed by atoms with Crippen LogP contribution in [0.1, 0.15) is 90.4 Å². The second-order valence-electron chi connectivity index (χ2n) is 19.3. The number of para-hydroxylation sites is 3. The van der Waals surface area contributed by atoms with Gasteiger partial charge in [-0.15, -0.1) is 29.7 Å². The molecule has 6 heteroatoms. The molecule has 0 aliphatic carbocycles. The molecule has 332 valence electrons. The van der Waals surface area contributed by atoms with Crippen molar-refractivity contribution >= 4 is 32.8 Å². The summed E-state index contributed by atoms with van der Waals surface area (Å²) in [5.74, 6) is 2.13. The Hall–Kier alpha value is -6.55. The number of pyridine rings is 1. The van der Waals surface area contributed by atoms with Crippen molar-refractivity contribution in [2.24, 2.45) is 0 Å². The van der Waals surface area contributed by atoms with Gasteiger partial charge in [-0.1, -0.05) is 164 Å². The van der Waals surface area contributed by atoms with Gasteiger partial charge >= 0.3 is 0 Å². The van der Waals surface area contributed by atoms with Crippen molar-refractivity contribution in [1.29, 1.82) is 0 Å². The molecule has 0 atom stereocenters. The van der Waals surface area contributed by atoms with Gasteiger partial charge in [0.25, 0.3) is 6.33 Å². The maximum atomic E-state index is 9.23. The Kier molecular flexibility index (Phi) is 10.2. The minimum Gasteiger partial charge on any atom is -0.510 e. The maximum absolute atomic E-state index is 9.23. The minimum atomic E-state index is -0.443. The fourth-order valence-electron chi connectivity index (χ4n) is 8.75. The normalized spacial score (nSPS) is 13.1. The maximum Gasteiger partial charge on any atom is 0.268 e. The average Bonchev–Trinajstić information content (AvgIpc) is 3.89. The van der Waals surface area contributed by atoms with Gasteiger partial charge in [-0.05, 0) is 97.5 Å². The molecule has 66 heavy (non-hydrogen) atoms. The van der Waals surface area contributed by atoms with E-state index in [2.05, 4.69) is 133 Å². The number of nitrogens with zero attached hydrogens (tertiary/aromatic N) is 4. The predicted molar refractivity (Wildman–Crippen MR) is 267 cm³/mol. The zero-order chi connectivity index (χ0) is 49.6. The number of hydrogen-bond donors (Lipinski definition) is 0. The van der Waals surface area contributed by atoms with Gasteiger partial charge < -0.3 is 13.9 Å². The van der Waals surface area contributed by atoms with Crippen LogP contribution in [0.15, 0.2) is 158 Å². The summed E-state index contributed by atoms with van der Waals surface area (Å²) in [5.41, 5.74) is 11.2. The quantitative estimate of drug-likeness (QED) is 0.112. The summed E-state index contributed by atoms with van der Waals surface area (Å²) in [7, 11) is 0. The van der Waals surface area contributed by atoms with Gasteiger partial charge in [-0.2, -0.15) is 18.2 Å². The smallest absolute Gasteiger partial charge is 0.268 e. The van der Waals surface area contributed by atoms with Crippen molar-refractivity contribution in [3.05, 3.63) is 198 Å². The summed E-state index contributed by atoms with van der Waals surface area (Å²) in [6, 6.07) is 46.2. The molecule has 0 aliphatic heterocycles. The molecule has 0 spiro atoms. The van der Waals surface area contributed by atoms with E-state index in [0.29, 0.717) is 34.4 Å². The standard InChI is InChI=1S/C60H54N4O.Pt/c1-39(2)42-30-31-61-56(34-42)64-53-26-14-13-23-51(53)52-29-28-48(37-55(52)64)65-47-22-16-21-46(36-47)62-38-63(57-40(3)18-15-27-54(57)62)58-49(41-19-11-10-12-20-41)24-17-25-50(58)43-32-44(59(4,5)6)35-45(33-43)60(7,8)9;/h10-35,39H,1-9H3;/q-2;/i10D,11D,12D,19D,20D;. The molecule has 0 saturated carbocycles. The Labute approximate surface area is 410 Å². The van der Waals surface area contributed by atoms with Gasteiger partial charge in [0.1, 0.15) is 5.82 Å². The van der Waals surface area contributed by atoms with E-state index in [-0.39, 0.29) is 49.5 Å². The monoisotopic (exact) mass is 1050 g/mol. The van der Waals surface area contributed by atoms with Crippen LogP contribution in [0.25, 0.3) is 72.3 Å². The van der Waals surface area contributed by atoms with Crippen molar-refractivity contribution in [2.45, 2.75) is 79.1 Å². The summed E-state index contributed by atoms with van der Waals surface area (Å²) in [5, 5.41) is 2.13. The number of imidazole rings is 1. The second-order valence-corrected chi connectivity index (χ2v) is 19.3. The van der Waals surface area contributed by atoms with E-state index in [0.717, 1.165) is 66.5 Å². The van der Waals surface area contributed by atoms with Gasteiger partial charge in [0, 0.05) is 44.3 Å². The minimum absolute atomic E-state index is 0. The van der Waals surface area contributed by atoms with Gasteiger partial charge in [0.15, 0.2) is 0 Å². The van der Waals surface area contributed by atoms with E-state index in [9.17, 15) is 2.74 Å². The van der Waals surface area contributed by atoms with Crippen LogP contribution in [0.2, 0.25) is 0 Å². The van der Waals surface area contributed by atoms with E-state index in [1.54, 1.807) is 0 Å². The summed E-state index contributed by atoms with van der Waals surface area (Å²) < 4.78 is 57.1. The first-order valence-corrected chi connectivity index (χ1v) is 22.2. The summed E-state index contributed by atoms with van der Waals surface area (Å²) in [4.78, 5) is 4.81. The van der Waals surface area contributed by atoms with Crippen LogP contribution in [0.3, 0.4) is 0 Å². The van der Waals surface area contributed by atoms with Crippen LogP contribution in [0.5, 0.6) is 11.5 Å². The van der Waals surface area contributed by atoms with E-state index in [4.69, 9.17) is 13.8 Å². The van der Waals surface area contributed by atoms with Gasteiger partial charge in [0.05, 0.1) is 23.6 Å². The molecule has 0 N–H and O–H groups in total. The van der Waals surface area contributed by atoms with Crippen LogP contribution in [-0.2, 0) is 31.9 Å². The molecule has 7 aromatic carbocycles. The molecule has 10 rings (SSSR count). The molecular formula is C60H54N4OPt-2. The molecule has 3 heterocycles. The second kappa shape index (κ2) is 17.3. The van der Waals surface area contributed by atoms with E-state index in [1.807, 2.05) is 89.0 Å². The fourth-order valence-corrected chi connectivity index (χ4v) is 8.75. The average molecular weight is 1050 g/mol.